The number of nitrogens with one attached hydrogen (secondary N) is 1. The van der Waals surface area contributed by atoms with E-state index in [-0.39, 0.29) is 68.5 Å². The van der Waals surface area contributed by atoms with Gasteiger partial charge in [0.05, 0.1) is 65.5 Å². The van der Waals surface area contributed by atoms with Crippen LogP contribution in [0.25, 0.3) is 10.9 Å². The van der Waals surface area contributed by atoms with Crippen molar-refractivity contribution < 1.29 is 46.5 Å². The molecule has 5 aliphatic rings. The Morgan fingerprint density at radius 2 is 1.86 bits per heavy atom. The van der Waals surface area contributed by atoms with Crippen LogP contribution in [0.1, 0.15) is 114 Å². The third kappa shape index (κ3) is 10.1. The molecule has 16 heteroatoms. The number of cyclic esters (lactones) is 1. The number of ether oxygens (including phenoxy) is 4. The van der Waals surface area contributed by atoms with Gasteiger partial charge >= 0.3 is 5.97 Å². The Morgan fingerprint density at radius 3 is 2.54 bits per heavy atom. The van der Waals surface area contributed by atoms with Crippen molar-refractivity contribution in [3.05, 3.63) is 52.5 Å². The lowest BCUT2D eigenvalue weighted by Crippen LogP contribution is -2.48. The molecule has 63 heavy (non-hydrogen) atoms. The molecular weight excluding hydrogens is 845 g/mol. The predicted molar refractivity (Wildman–Crippen MR) is 237 cm³/mol. The fourth-order valence-corrected chi connectivity index (χ4v) is 11.9. The third-order valence-electron chi connectivity index (χ3n) is 13.8. The minimum Gasteiger partial charge on any atom is -0.496 e. The summed E-state index contributed by atoms with van der Waals surface area (Å²) in [4.78, 5) is 68.5. The number of fused-ring (bicyclic) bond motifs is 3. The average Bonchev–Trinajstić information content (AvgIpc) is 4.16. The van der Waals surface area contributed by atoms with E-state index in [9.17, 15) is 22.8 Å². The van der Waals surface area contributed by atoms with E-state index >= 15 is 4.79 Å². The number of hydrogen-bond acceptors (Lipinski definition) is 13. The molecule has 3 saturated carbocycles. The zero-order valence-electron chi connectivity index (χ0n) is 36.8. The van der Waals surface area contributed by atoms with Crippen LogP contribution < -0.4 is 18.9 Å². The highest BCUT2D eigenvalue weighted by atomic mass is 32.2. The number of methoxy groups -OCH3 is 1. The number of thiazole rings is 1. The smallest absolute Gasteiger partial charge is 0.306 e. The van der Waals surface area contributed by atoms with Gasteiger partial charge in [0.25, 0.3) is 0 Å². The Bertz CT molecular complexity index is 2370. The van der Waals surface area contributed by atoms with Crippen molar-refractivity contribution in [2.75, 3.05) is 20.3 Å². The standard InChI is InChI=1S/C47H60N4O10S2/c1-6-31-22-47(31,45(55)50-63(56,57)34-14-15-34)23-39(52)38-18-33-24-51(38)44(54)35(29-11-8-7-9-12-29)19-43(53)60-27-46(3,4)16-10-13-30-17-36-37(20-40(30)58-5)49-42(21-41(36)61-33)59-25-32-26-62-28(2)48-32/h6,17,20-21,26,29,31,33-35,38H,1,7-16,18-19,22-25,27H2,2-5H3,(H,50,55)/t31-,33-,35+,38+,47?/m1/s1. The Balaban J connectivity index is 1.17. The maximum absolute atomic E-state index is 15.2. The number of Topliss-reactive ketones (excluding diaryl/α,β-unsaturated/α-hetero) is 1. The second-order valence-electron chi connectivity index (χ2n) is 19.2. The van der Waals surface area contributed by atoms with Gasteiger partial charge in [-0.2, -0.15) is 0 Å². The average molecular weight is 905 g/mol. The summed E-state index contributed by atoms with van der Waals surface area (Å²) in [5.74, 6) is -1.64. The van der Waals surface area contributed by atoms with Gasteiger partial charge in [0.15, 0.2) is 5.78 Å². The highest BCUT2D eigenvalue weighted by molar-refractivity contribution is 7.90. The normalized spacial score (nSPS) is 26.9. The van der Waals surface area contributed by atoms with Crippen molar-refractivity contribution in [2.24, 2.45) is 28.6 Å². The Labute approximate surface area is 373 Å². The highest BCUT2D eigenvalue weighted by Gasteiger charge is 2.61. The SMILES string of the molecule is C=C[C@@H]1CC1(CC(=O)[C@@H]1C[C@@H]2CN1C(=O)[C@H](C1CCCCC1)CC(=O)OCC(C)(C)CCCc1cc3c(cc(OCc4csc(C)n4)nc3cc1OC)O2)C(=O)NS(=O)(=O)C1CC1. The molecule has 1 aromatic carbocycles. The van der Waals surface area contributed by atoms with Crippen LogP contribution in [0.15, 0.2) is 36.2 Å². The van der Waals surface area contributed by atoms with E-state index in [4.69, 9.17) is 23.9 Å². The molecule has 1 saturated heterocycles. The number of esters is 1. The molecule has 4 bridgehead atoms. The molecule has 3 aliphatic carbocycles. The van der Waals surface area contributed by atoms with E-state index in [1.165, 1.54) is 11.3 Å². The van der Waals surface area contributed by atoms with Crippen molar-refractivity contribution in [1.82, 2.24) is 19.6 Å². The number of amides is 2. The summed E-state index contributed by atoms with van der Waals surface area (Å²) in [6, 6.07) is 4.61. The lowest BCUT2D eigenvalue weighted by Gasteiger charge is -2.34. The van der Waals surface area contributed by atoms with E-state index in [1.807, 2.05) is 24.4 Å². The number of carbonyl (C=O) groups is 4. The molecule has 2 aliphatic heterocycles. The number of aryl methyl sites for hydroxylation is 2. The molecule has 5 atom stereocenters. The number of benzene rings is 1. The van der Waals surface area contributed by atoms with Crippen molar-refractivity contribution in [3.8, 4) is 17.4 Å². The van der Waals surface area contributed by atoms with Crippen LogP contribution in [0.4, 0.5) is 0 Å². The maximum atomic E-state index is 15.2. The molecule has 14 nitrogen and oxygen atoms in total. The number of allylic oxidation sites excluding steroid dienone is 1. The van der Waals surface area contributed by atoms with Gasteiger partial charge < -0.3 is 23.8 Å². The summed E-state index contributed by atoms with van der Waals surface area (Å²) in [6.45, 7) is 10.4. The van der Waals surface area contributed by atoms with Gasteiger partial charge in [-0.3, -0.25) is 23.9 Å². The van der Waals surface area contributed by atoms with Crippen molar-refractivity contribution >= 4 is 55.8 Å². The molecule has 3 aromatic rings. The Kier molecular flexibility index (Phi) is 13.0. The van der Waals surface area contributed by atoms with Gasteiger partial charge in [-0.15, -0.1) is 17.9 Å². The third-order valence-corrected chi connectivity index (χ3v) is 16.4. The summed E-state index contributed by atoms with van der Waals surface area (Å²) in [5.41, 5.74) is 0.628. The lowest BCUT2D eigenvalue weighted by atomic mass is 9.77. The van der Waals surface area contributed by atoms with Crippen molar-refractivity contribution in [3.63, 3.8) is 0 Å². The highest BCUT2D eigenvalue weighted by Crippen LogP contribution is 2.57. The predicted octanol–water partition coefficient (Wildman–Crippen LogP) is 7.19. The number of aromatic nitrogens is 2. The molecule has 0 radical (unpaired) electrons. The van der Waals surface area contributed by atoms with E-state index in [1.54, 1.807) is 24.2 Å². The van der Waals surface area contributed by atoms with Gasteiger partial charge in [-0.25, -0.2) is 18.4 Å². The first kappa shape index (κ1) is 45.0. The second-order valence-corrected chi connectivity index (χ2v) is 22.2. The number of ketones is 1. The zero-order chi connectivity index (χ0) is 44.7. The topological polar surface area (TPSA) is 180 Å². The summed E-state index contributed by atoms with van der Waals surface area (Å²) in [6.07, 6.45) is 8.54. The van der Waals surface area contributed by atoms with Gasteiger partial charge in [0.2, 0.25) is 27.7 Å². The monoisotopic (exact) mass is 904 g/mol. The molecular formula is C47H60N4O10S2. The van der Waals surface area contributed by atoms with E-state index in [0.717, 1.165) is 61.2 Å². The molecule has 8 rings (SSSR count). The van der Waals surface area contributed by atoms with E-state index in [0.29, 0.717) is 47.5 Å². The molecule has 4 fully saturated rings. The van der Waals surface area contributed by atoms with Crippen LogP contribution in [0.3, 0.4) is 0 Å². The minimum absolute atomic E-state index is 0.0435. The Hall–Kier alpha value is -4.57. The first-order valence-corrected chi connectivity index (χ1v) is 24.9. The van der Waals surface area contributed by atoms with Gasteiger partial charge in [0, 0.05) is 35.7 Å². The summed E-state index contributed by atoms with van der Waals surface area (Å²) in [7, 11) is -2.26. The van der Waals surface area contributed by atoms with Crippen LogP contribution in [-0.2, 0) is 47.0 Å². The van der Waals surface area contributed by atoms with Crippen LogP contribution in [0.5, 0.6) is 17.4 Å². The summed E-state index contributed by atoms with van der Waals surface area (Å²) in [5, 5.41) is 2.94. The number of hydrogen-bond donors (Lipinski definition) is 1. The molecule has 1 N–H and O–H groups in total. The fraction of sp³-hybridized carbons (Fsp3) is 0.617. The number of rotatable bonds is 12. The largest absolute Gasteiger partial charge is 0.496 e. The molecule has 0 spiro atoms. The molecule has 340 valence electrons. The second kappa shape index (κ2) is 18.1. The van der Waals surface area contributed by atoms with Crippen LogP contribution in [-0.4, -0.2) is 84.5 Å². The number of carbonyl (C=O) groups excluding carboxylic acids is 4. The molecule has 2 aromatic heterocycles. The van der Waals surface area contributed by atoms with E-state index in [2.05, 4.69) is 30.1 Å². The number of nitrogens with zero attached hydrogens (tertiary/aromatic N) is 3. The number of pyridine rings is 1. The molecule has 4 heterocycles. The Morgan fingerprint density at radius 1 is 1.08 bits per heavy atom. The first-order chi connectivity index (χ1) is 30.1. The van der Waals surface area contributed by atoms with Crippen LogP contribution >= 0.6 is 11.3 Å². The molecule has 2 amide bonds. The van der Waals surface area contributed by atoms with Gasteiger partial charge in [-0.1, -0.05) is 39.2 Å². The molecule has 1 unspecified atom stereocenters. The van der Waals surface area contributed by atoms with Crippen molar-refractivity contribution in [1.29, 1.82) is 0 Å². The maximum Gasteiger partial charge on any atom is 0.306 e. The summed E-state index contributed by atoms with van der Waals surface area (Å²) >= 11 is 1.53. The number of sulfonamides is 1. The minimum atomic E-state index is -3.88. The van der Waals surface area contributed by atoms with Gasteiger partial charge in [0.1, 0.15) is 24.2 Å². The lowest BCUT2D eigenvalue weighted by molar-refractivity contribution is -0.154. The fourth-order valence-electron chi connectivity index (χ4n) is 9.89. The van der Waals surface area contributed by atoms with Crippen LogP contribution in [0.2, 0.25) is 0 Å². The first-order valence-electron chi connectivity index (χ1n) is 22.5. The zero-order valence-corrected chi connectivity index (χ0v) is 38.5. The van der Waals surface area contributed by atoms with E-state index < -0.39 is 56.5 Å². The van der Waals surface area contributed by atoms with Crippen LogP contribution in [0, 0.1) is 35.5 Å². The van der Waals surface area contributed by atoms with Crippen molar-refractivity contribution in [2.45, 2.75) is 135 Å². The summed E-state index contributed by atoms with van der Waals surface area (Å²) < 4.78 is 53.1. The van der Waals surface area contributed by atoms with Gasteiger partial charge in [-0.05, 0) is 87.2 Å². The quantitative estimate of drug-likeness (QED) is 0.143.